The van der Waals surface area contributed by atoms with Crippen LogP contribution in [0, 0.1) is 0 Å². The van der Waals surface area contributed by atoms with Gasteiger partial charge in [0.25, 0.3) is 5.91 Å². The molecule has 5 heteroatoms. The number of aromatic hydroxyl groups is 1. The maximum atomic E-state index is 12.5. The van der Waals surface area contributed by atoms with Crippen LogP contribution in [0.3, 0.4) is 0 Å². The second-order valence-corrected chi connectivity index (χ2v) is 7.62. The zero-order chi connectivity index (χ0) is 20.6. The van der Waals surface area contributed by atoms with Gasteiger partial charge in [0.15, 0.2) is 0 Å². The summed E-state index contributed by atoms with van der Waals surface area (Å²) in [5.74, 6) is 0.0778. The molecule has 1 heterocycles. The zero-order valence-electron chi connectivity index (χ0n) is 17.2. The number of rotatable bonds is 9. The van der Waals surface area contributed by atoms with Crippen molar-refractivity contribution in [2.75, 3.05) is 27.2 Å². The van der Waals surface area contributed by atoms with Crippen molar-refractivity contribution in [1.82, 2.24) is 15.2 Å². The van der Waals surface area contributed by atoms with Crippen LogP contribution in [0.1, 0.15) is 36.0 Å². The minimum Gasteiger partial charge on any atom is -0.506 e. The van der Waals surface area contributed by atoms with E-state index in [0.29, 0.717) is 17.6 Å². The molecule has 0 aliphatic rings. The molecule has 0 fully saturated rings. The highest BCUT2D eigenvalue weighted by Gasteiger charge is 2.09. The number of hydrogen-bond acceptors (Lipinski definition) is 4. The van der Waals surface area contributed by atoms with Gasteiger partial charge in [0, 0.05) is 23.7 Å². The molecule has 0 bridgehead atoms. The van der Waals surface area contributed by atoms with E-state index in [2.05, 4.69) is 29.3 Å². The second kappa shape index (κ2) is 10.0. The fourth-order valence-electron chi connectivity index (χ4n) is 3.39. The first-order valence-corrected chi connectivity index (χ1v) is 10.2. The quantitative estimate of drug-likeness (QED) is 0.529. The number of unbranched alkanes of at least 4 members (excludes halogenated alkanes) is 3. The number of phenols is 1. The maximum absolute atomic E-state index is 12.5. The third kappa shape index (κ3) is 5.78. The van der Waals surface area contributed by atoms with Gasteiger partial charge in [-0.05, 0) is 74.9 Å². The van der Waals surface area contributed by atoms with E-state index in [-0.39, 0.29) is 11.7 Å². The van der Waals surface area contributed by atoms with Gasteiger partial charge in [-0.3, -0.25) is 9.78 Å². The number of pyridine rings is 1. The van der Waals surface area contributed by atoms with Crippen molar-refractivity contribution in [3.05, 3.63) is 60.3 Å². The van der Waals surface area contributed by atoms with E-state index in [1.807, 2.05) is 42.5 Å². The summed E-state index contributed by atoms with van der Waals surface area (Å²) in [6.07, 6.45) is 6.15. The molecule has 0 unspecified atom stereocenters. The Hall–Kier alpha value is -2.92. The summed E-state index contributed by atoms with van der Waals surface area (Å²) in [7, 11) is 4.18. The fraction of sp³-hybridized carbons (Fsp3) is 0.333. The molecule has 0 atom stereocenters. The molecule has 3 rings (SSSR count). The number of hydrogen-bond donors (Lipinski definition) is 2. The molecule has 3 aromatic rings. The summed E-state index contributed by atoms with van der Waals surface area (Å²) >= 11 is 0. The van der Waals surface area contributed by atoms with Crippen molar-refractivity contribution in [2.45, 2.75) is 25.7 Å². The summed E-state index contributed by atoms with van der Waals surface area (Å²) in [6.45, 7) is 1.80. The van der Waals surface area contributed by atoms with Gasteiger partial charge in [0.2, 0.25) is 0 Å². The first-order valence-electron chi connectivity index (χ1n) is 10.2. The molecule has 5 nitrogen and oxygen atoms in total. The van der Waals surface area contributed by atoms with E-state index in [0.717, 1.165) is 35.9 Å². The molecule has 0 spiro atoms. The average Bonchev–Trinajstić information content (AvgIpc) is 2.72. The van der Waals surface area contributed by atoms with Crippen LogP contribution in [0.15, 0.2) is 54.7 Å². The van der Waals surface area contributed by atoms with E-state index in [1.165, 1.54) is 12.8 Å². The Bertz CT molecular complexity index is 969. The molecule has 1 aromatic heterocycles. The van der Waals surface area contributed by atoms with Gasteiger partial charge < -0.3 is 15.3 Å². The average molecular weight is 392 g/mol. The fourth-order valence-corrected chi connectivity index (χ4v) is 3.39. The van der Waals surface area contributed by atoms with Gasteiger partial charge in [-0.1, -0.05) is 31.0 Å². The predicted octanol–water partition coefficient (Wildman–Crippen LogP) is 4.46. The van der Waals surface area contributed by atoms with E-state index < -0.39 is 0 Å². The van der Waals surface area contributed by atoms with Crippen LogP contribution in [0.25, 0.3) is 22.0 Å². The van der Waals surface area contributed by atoms with E-state index in [4.69, 9.17) is 0 Å². The van der Waals surface area contributed by atoms with Gasteiger partial charge in [-0.2, -0.15) is 0 Å². The Morgan fingerprint density at radius 2 is 1.83 bits per heavy atom. The molecular weight excluding hydrogens is 362 g/mol. The smallest absolute Gasteiger partial charge is 0.251 e. The molecule has 0 radical (unpaired) electrons. The lowest BCUT2D eigenvalue weighted by molar-refractivity contribution is 0.0953. The number of fused-ring (bicyclic) bond motifs is 1. The lowest BCUT2D eigenvalue weighted by Gasteiger charge is -2.10. The molecular formula is C24H29N3O2. The summed E-state index contributed by atoms with van der Waals surface area (Å²) in [5, 5.41) is 14.2. The van der Waals surface area contributed by atoms with Gasteiger partial charge in [-0.15, -0.1) is 0 Å². The lowest BCUT2D eigenvalue weighted by atomic mass is 10.0. The molecule has 29 heavy (non-hydrogen) atoms. The van der Waals surface area contributed by atoms with E-state index in [1.54, 1.807) is 12.3 Å². The predicted molar refractivity (Wildman–Crippen MR) is 118 cm³/mol. The molecule has 1 amide bonds. The van der Waals surface area contributed by atoms with Crippen LogP contribution in [0.2, 0.25) is 0 Å². The number of carbonyl (C=O) groups excluding carboxylic acids is 1. The van der Waals surface area contributed by atoms with Gasteiger partial charge in [0.05, 0.1) is 0 Å². The van der Waals surface area contributed by atoms with Crippen molar-refractivity contribution in [3.63, 3.8) is 0 Å². The second-order valence-electron chi connectivity index (χ2n) is 7.62. The Labute approximate surface area is 172 Å². The van der Waals surface area contributed by atoms with E-state index in [9.17, 15) is 9.90 Å². The maximum Gasteiger partial charge on any atom is 0.251 e. The Morgan fingerprint density at radius 3 is 2.66 bits per heavy atom. The summed E-state index contributed by atoms with van der Waals surface area (Å²) in [5.41, 5.74) is 2.96. The third-order valence-corrected chi connectivity index (χ3v) is 4.96. The molecule has 2 N–H and O–H groups in total. The minimum atomic E-state index is -0.0631. The molecule has 0 aliphatic carbocycles. The third-order valence-electron chi connectivity index (χ3n) is 4.96. The first-order chi connectivity index (χ1) is 14.0. The minimum absolute atomic E-state index is 0.0631. The van der Waals surface area contributed by atoms with E-state index >= 15 is 0 Å². The number of nitrogens with zero attached hydrogens (tertiary/aromatic N) is 2. The molecule has 0 saturated heterocycles. The standard InChI is InChI=1S/C24H29N3O2/c1-27(2)14-6-4-3-5-12-26-24(29)20-10-7-9-18(15-20)21-16-19-11-8-13-25-23(19)22(28)17-21/h7-11,13,15-17,28H,3-6,12,14H2,1-2H3,(H,26,29). The molecule has 2 aromatic carbocycles. The zero-order valence-corrected chi connectivity index (χ0v) is 17.2. The lowest BCUT2D eigenvalue weighted by Crippen LogP contribution is -2.24. The van der Waals surface area contributed by atoms with Crippen LogP contribution >= 0.6 is 0 Å². The summed E-state index contributed by atoms with van der Waals surface area (Å²) < 4.78 is 0. The SMILES string of the molecule is CN(C)CCCCCCNC(=O)c1cccc(-c2cc(O)c3ncccc3c2)c1. The number of carbonyl (C=O) groups is 1. The molecule has 0 aliphatic heterocycles. The van der Waals surface area contributed by atoms with Crippen molar-refractivity contribution < 1.29 is 9.90 Å². The topological polar surface area (TPSA) is 65.5 Å². The first kappa shape index (κ1) is 20.8. The number of phenolic OH excluding ortho intramolecular Hbond substituents is 1. The Balaban J connectivity index is 1.60. The van der Waals surface area contributed by atoms with Crippen LogP contribution in [-0.2, 0) is 0 Å². The summed E-state index contributed by atoms with van der Waals surface area (Å²) in [6, 6.07) is 14.9. The number of aromatic nitrogens is 1. The highest BCUT2D eigenvalue weighted by Crippen LogP contribution is 2.30. The van der Waals surface area contributed by atoms with Gasteiger partial charge >= 0.3 is 0 Å². The van der Waals surface area contributed by atoms with Crippen LogP contribution in [-0.4, -0.2) is 48.1 Å². The number of benzene rings is 2. The van der Waals surface area contributed by atoms with Crippen LogP contribution < -0.4 is 5.32 Å². The highest BCUT2D eigenvalue weighted by molar-refractivity contribution is 5.96. The van der Waals surface area contributed by atoms with Crippen molar-refractivity contribution >= 4 is 16.8 Å². The van der Waals surface area contributed by atoms with Crippen molar-refractivity contribution in [3.8, 4) is 16.9 Å². The normalized spacial score (nSPS) is 11.1. The van der Waals surface area contributed by atoms with Crippen LogP contribution in [0.5, 0.6) is 5.75 Å². The largest absolute Gasteiger partial charge is 0.506 e. The Kier molecular flexibility index (Phi) is 7.19. The van der Waals surface area contributed by atoms with Crippen LogP contribution in [0.4, 0.5) is 0 Å². The highest BCUT2D eigenvalue weighted by atomic mass is 16.3. The summed E-state index contributed by atoms with van der Waals surface area (Å²) in [4.78, 5) is 18.9. The van der Waals surface area contributed by atoms with Gasteiger partial charge in [-0.25, -0.2) is 0 Å². The van der Waals surface area contributed by atoms with Crippen molar-refractivity contribution in [1.29, 1.82) is 0 Å². The monoisotopic (exact) mass is 391 g/mol. The number of amides is 1. The molecule has 0 saturated carbocycles. The van der Waals surface area contributed by atoms with Crippen molar-refractivity contribution in [2.24, 2.45) is 0 Å². The number of nitrogens with one attached hydrogen (secondary N) is 1. The molecule has 152 valence electrons. The van der Waals surface area contributed by atoms with Gasteiger partial charge in [0.1, 0.15) is 11.3 Å². The Morgan fingerprint density at radius 1 is 1.00 bits per heavy atom.